The number of carbonyl (C=O) groups is 1. The standard InChI is InChI=1S/C17H24N2O5S/c1-24-14-7-10-18(11-8-14)25(22,23)19-9-6-13(12-19)15-4-2-3-5-16(15)17(20)21/h2-5,13-14H,6-12H2,1H3,(H,20,21)/t13-/m0/s1. The maximum absolute atomic E-state index is 12.9. The van der Waals surface area contributed by atoms with Crippen LogP contribution in [0.4, 0.5) is 0 Å². The molecule has 8 heteroatoms. The number of carboxylic acids is 1. The van der Waals surface area contributed by atoms with E-state index in [9.17, 15) is 18.3 Å². The molecule has 0 radical (unpaired) electrons. The SMILES string of the molecule is COC1CCN(S(=O)(=O)N2CC[C@H](c3ccccc3C(=O)O)C2)CC1. The lowest BCUT2D eigenvalue weighted by atomic mass is 9.93. The van der Waals surface area contributed by atoms with Gasteiger partial charge in [-0.05, 0) is 36.8 Å². The predicted octanol–water partition coefficient (Wildman–Crippen LogP) is 1.53. The second kappa shape index (κ2) is 7.41. The summed E-state index contributed by atoms with van der Waals surface area (Å²) < 4.78 is 34.1. The van der Waals surface area contributed by atoms with E-state index in [-0.39, 0.29) is 17.6 Å². The van der Waals surface area contributed by atoms with Gasteiger partial charge in [-0.2, -0.15) is 17.0 Å². The number of hydrogen-bond donors (Lipinski definition) is 1. The summed E-state index contributed by atoms with van der Waals surface area (Å²) >= 11 is 0. The second-order valence-electron chi connectivity index (χ2n) is 6.58. The van der Waals surface area contributed by atoms with Gasteiger partial charge in [0.1, 0.15) is 0 Å². The lowest BCUT2D eigenvalue weighted by Gasteiger charge is -2.33. The fraction of sp³-hybridized carbons (Fsp3) is 0.588. The minimum atomic E-state index is -3.50. The van der Waals surface area contributed by atoms with Crippen molar-refractivity contribution < 1.29 is 23.1 Å². The zero-order valence-electron chi connectivity index (χ0n) is 14.3. The molecule has 0 aliphatic carbocycles. The molecule has 2 fully saturated rings. The molecule has 2 saturated heterocycles. The first kappa shape index (κ1) is 18.3. The number of benzene rings is 1. The lowest BCUT2D eigenvalue weighted by molar-refractivity contribution is 0.0593. The van der Waals surface area contributed by atoms with E-state index in [1.165, 1.54) is 8.61 Å². The van der Waals surface area contributed by atoms with Gasteiger partial charge in [-0.25, -0.2) is 4.79 Å². The van der Waals surface area contributed by atoms with Crippen LogP contribution in [0.5, 0.6) is 0 Å². The van der Waals surface area contributed by atoms with E-state index >= 15 is 0 Å². The molecule has 0 unspecified atom stereocenters. The Morgan fingerprint density at radius 3 is 2.40 bits per heavy atom. The molecule has 2 aliphatic rings. The fourth-order valence-corrected chi connectivity index (χ4v) is 5.40. The van der Waals surface area contributed by atoms with Crippen LogP contribution in [0.15, 0.2) is 24.3 Å². The monoisotopic (exact) mass is 368 g/mol. The predicted molar refractivity (Wildman–Crippen MR) is 92.9 cm³/mol. The summed E-state index contributed by atoms with van der Waals surface area (Å²) in [5, 5.41) is 9.35. The van der Waals surface area contributed by atoms with Crippen molar-refractivity contribution >= 4 is 16.2 Å². The highest BCUT2D eigenvalue weighted by Gasteiger charge is 2.38. The van der Waals surface area contributed by atoms with Gasteiger partial charge in [0.25, 0.3) is 10.2 Å². The van der Waals surface area contributed by atoms with Crippen molar-refractivity contribution in [3.05, 3.63) is 35.4 Å². The van der Waals surface area contributed by atoms with Crippen molar-refractivity contribution in [2.75, 3.05) is 33.3 Å². The molecule has 3 rings (SSSR count). The normalized spacial score (nSPS) is 23.8. The molecule has 0 aromatic heterocycles. The van der Waals surface area contributed by atoms with Crippen molar-refractivity contribution in [2.24, 2.45) is 0 Å². The zero-order valence-corrected chi connectivity index (χ0v) is 15.1. The molecule has 138 valence electrons. The van der Waals surface area contributed by atoms with E-state index in [0.717, 1.165) is 0 Å². The Morgan fingerprint density at radius 2 is 1.76 bits per heavy atom. The van der Waals surface area contributed by atoms with Gasteiger partial charge in [0.2, 0.25) is 0 Å². The summed E-state index contributed by atoms with van der Waals surface area (Å²) in [5.41, 5.74) is 0.971. The van der Waals surface area contributed by atoms with Crippen molar-refractivity contribution in [3.8, 4) is 0 Å². The van der Waals surface area contributed by atoms with E-state index in [0.29, 0.717) is 51.0 Å². The largest absolute Gasteiger partial charge is 0.478 e. The highest BCUT2D eigenvalue weighted by molar-refractivity contribution is 7.86. The van der Waals surface area contributed by atoms with Crippen molar-refractivity contribution in [2.45, 2.75) is 31.3 Å². The van der Waals surface area contributed by atoms with E-state index in [1.807, 2.05) is 0 Å². The lowest BCUT2D eigenvalue weighted by Crippen LogP contribution is -2.47. The highest BCUT2D eigenvalue weighted by Crippen LogP contribution is 2.32. The van der Waals surface area contributed by atoms with Crippen molar-refractivity contribution in [3.63, 3.8) is 0 Å². The van der Waals surface area contributed by atoms with E-state index < -0.39 is 16.2 Å². The van der Waals surface area contributed by atoms with E-state index in [2.05, 4.69) is 0 Å². The number of methoxy groups -OCH3 is 1. The Bertz CT molecular complexity index is 728. The van der Waals surface area contributed by atoms with Crippen LogP contribution in [0.3, 0.4) is 0 Å². The van der Waals surface area contributed by atoms with Crippen molar-refractivity contribution in [1.29, 1.82) is 0 Å². The third-order valence-electron chi connectivity index (χ3n) is 5.17. The van der Waals surface area contributed by atoms with Gasteiger partial charge in [0.05, 0.1) is 11.7 Å². The topological polar surface area (TPSA) is 87.2 Å². The van der Waals surface area contributed by atoms with Crippen LogP contribution in [0.25, 0.3) is 0 Å². The number of carboxylic acid groups (broad SMARTS) is 1. The van der Waals surface area contributed by atoms with Gasteiger partial charge in [-0.15, -0.1) is 0 Å². The molecule has 2 aliphatic heterocycles. The number of aromatic carboxylic acids is 1. The molecular formula is C17H24N2O5S. The number of hydrogen-bond acceptors (Lipinski definition) is 4. The molecular weight excluding hydrogens is 344 g/mol. The molecule has 1 aromatic rings. The van der Waals surface area contributed by atoms with Gasteiger partial charge in [-0.3, -0.25) is 0 Å². The van der Waals surface area contributed by atoms with Gasteiger partial charge in [0.15, 0.2) is 0 Å². The summed E-state index contributed by atoms with van der Waals surface area (Å²) in [6, 6.07) is 6.85. The van der Waals surface area contributed by atoms with Crippen LogP contribution in [0.1, 0.15) is 41.1 Å². The highest BCUT2D eigenvalue weighted by atomic mass is 32.2. The van der Waals surface area contributed by atoms with Crippen LogP contribution >= 0.6 is 0 Å². The molecule has 1 atom stereocenters. The number of rotatable bonds is 5. The molecule has 25 heavy (non-hydrogen) atoms. The third kappa shape index (κ3) is 3.72. The van der Waals surface area contributed by atoms with Crippen LogP contribution in [-0.2, 0) is 14.9 Å². The first-order chi connectivity index (χ1) is 11.9. The van der Waals surface area contributed by atoms with E-state index in [1.54, 1.807) is 31.4 Å². The van der Waals surface area contributed by atoms with Crippen LogP contribution in [0.2, 0.25) is 0 Å². The van der Waals surface area contributed by atoms with Gasteiger partial charge in [-0.1, -0.05) is 18.2 Å². The molecule has 0 bridgehead atoms. The Morgan fingerprint density at radius 1 is 1.12 bits per heavy atom. The number of ether oxygens (including phenoxy) is 1. The molecule has 0 saturated carbocycles. The van der Waals surface area contributed by atoms with Gasteiger partial charge in [0, 0.05) is 33.3 Å². The Hall–Kier alpha value is -1.48. The average molecular weight is 368 g/mol. The number of piperidine rings is 1. The fourth-order valence-electron chi connectivity index (χ4n) is 3.70. The first-order valence-corrected chi connectivity index (χ1v) is 9.93. The minimum absolute atomic E-state index is 0.0846. The van der Waals surface area contributed by atoms with E-state index in [4.69, 9.17) is 4.74 Å². The zero-order chi connectivity index (χ0) is 18.0. The molecule has 0 amide bonds. The van der Waals surface area contributed by atoms with Crippen molar-refractivity contribution in [1.82, 2.24) is 8.61 Å². The quantitative estimate of drug-likeness (QED) is 0.852. The van der Waals surface area contributed by atoms with Crippen LogP contribution in [-0.4, -0.2) is 67.5 Å². The van der Waals surface area contributed by atoms with Gasteiger partial charge >= 0.3 is 5.97 Å². The maximum Gasteiger partial charge on any atom is 0.335 e. The second-order valence-corrected chi connectivity index (χ2v) is 8.51. The smallest absolute Gasteiger partial charge is 0.335 e. The average Bonchev–Trinajstić information content (AvgIpc) is 3.12. The van der Waals surface area contributed by atoms with Crippen LogP contribution < -0.4 is 0 Å². The Kier molecular flexibility index (Phi) is 5.43. The Balaban J connectivity index is 1.71. The molecule has 7 nitrogen and oxygen atoms in total. The van der Waals surface area contributed by atoms with Crippen LogP contribution in [0, 0.1) is 0 Å². The molecule has 0 spiro atoms. The Labute approximate surface area is 148 Å². The molecule has 2 heterocycles. The summed E-state index contributed by atoms with van der Waals surface area (Å²) in [7, 11) is -1.85. The summed E-state index contributed by atoms with van der Waals surface area (Å²) in [4.78, 5) is 11.4. The molecule has 1 N–H and O–H groups in total. The third-order valence-corrected chi connectivity index (χ3v) is 7.17. The van der Waals surface area contributed by atoms with Gasteiger partial charge < -0.3 is 9.84 Å². The minimum Gasteiger partial charge on any atom is -0.478 e. The summed E-state index contributed by atoms with van der Waals surface area (Å²) in [6.07, 6.45) is 2.17. The summed E-state index contributed by atoms with van der Waals surface area (Å²) in [5.74, 6) is -1.06. The number of nitrogens with zero attached hydrogens (tertiary/aromatic N) is 2. The summed E-state index contributed by atoms with van der Waals surface area (Å²) in [6.45, 7) is 1.68. The maximum atomic E-state index is 12.9. The molecule has 1 aromatic carbocycles. The first-order valence-electron chi connectivity index (χ1n) is 8.53.